The maximum absolute atomic E-state index is 13.8. The predicted octanol–water partition coefficient (Wildman–Crippen LogP) is -1.54. The van der Waals surface area contributed by atoms with Crippen LogP contribution in [0.3, 0.4) is 0 Å². The van der Waals surface area contributed by atoms with Gasteiger partial charge in [-0.1, -0.05) is 49.4 Å². The van der Waals surface area contributed by atoms with Gasteiger partial charge in [-0.15, -0.1) is 0 Å². The largest absolute Gasteiger partial charge is 1.00 e. The fraction of sp³-hybridized carbons (Fsp3) is 0.333. The Labute approximate surface area is 377 Å². The van der Waals surface area contributed by atoms with Gasteiger partial charge in [-0.05, 0) is 128 Å². The van der Waals surface area contributed by atoms with Gasteiger partial charge >= 0.3 is 59.1 Å². The van der Waals surface area contributed by atoms with E-state index in [4.69, 9.17) is 4.74 Å². The van der Waals surface area contributed by atoms with E-state index in [2.05, 4.69) is 10.6 Å². The molecule has 2 aliphatic carbocycles. The van der Waals surface area contributed by atoms with Crippen LogP contribution in [-0.2, 0) is 27.7 Å². The molecule has 0 aromatic heterocycles. The van der Waals surface area contributed by atoms with Gasteiger partial charge < -0.3 is 35.2 Å². The first-order chi connectivity index (χ1) is 26.4. The van der Waals surface area contributed by atoms with E-state index in [-0.39, 0.29) is 99.0 Å². The van der Waals surface area contributed by atoms with Crippen molar-refractivity contribution in [2.24, 2.45) is 11.8 Å². The van der Waals surface area contributed by atoms with E-state index in [1.165, 1.54) is 40.7 Å². The molecular weight excluding hydrogens is 769 g/mol. The quantitative estimate of drug-likeness (QED) is 0.127. The summed E-state index contributed by atoms with van der Waals surface area (Å²) in [5.74, 6) is -3.09. The summed E-state index contributed by atoms with van der Waals surface area (Å²) in [6, 6.07) is 24.1. The number of carbonyl (C=O) groups excluding carboxylic acids is 4. The number of nitrogens with zero attached hydrogens (tertiary/aromatic N) is 1. The molecule has 0 unspecified atom stereocenters. The number of rotatable bonds is 16. The molecule has 2 fully saturated rings. The third-order valence-corrected chi connectivity index (χ3v) is 12.2. The van der Waals surface area contributed by atoms with Crippen LogP contribution in [0, 0.1) is 11.8 Å². The van der Waals surface area contributed by atoms with Crippen molar-refractivity contribution >= 4 is 45.2 Å². The molecule has 2 amide bonds. The molecular formula is C42H43N3Na2O9S. The van der Waals surface area contributed by atoms with Gasteiger partial charge in [0, 0.05) is 29.8 Å². The Morgan fingerprint density at radius 3 is 1.95 bits per heavy atom. The second kappa shape index (κ2) is 20.9. The van der Waals surface area contributed by atoms with Gasteiger partial charge in [-0.3, -0.25) is 9.59 Å². The minimum absolute atomic E-state index is 0. The zero-order valence-electron chi connectivity index (χ0n) is 32.5. The van der Waals surface area contributed by atoms with Crippen LogP contribution < -0.4 is 84.7 Å². The summed E-state index contributed by atoms with van der Waals surface area (Å²) in [7, 11) is -4.03. The predicted molar refractivity (Wildman–Crippen MR) is 202 cm³/mol. The molecule has 15 heteroatoms. The number of carbonyl (C=O) groups is 4. The summed E-state index contributed by atoms with van der Waals surface area (Å²) in [4.78, 5) is 49.7. The van der Waals surface area contributed by atoms with Crippen LogP contribution in [0.2, 0.25) is 0 Å². The van der Waals surface area contributed by atoms with Crippen LogP contribution >= 0.6 is 0 Å². The topological polar surface area (TPSA) is 185 Å². The molecule has 2 saturated carbocycles. The molecule has 2 N–H and O–H groups in total. The van der Waals surface area contributed by atoms with Gasteiger partial charge in [0.25, 0.3) is 11.8 Å². The molecule has 4 aromatic rings. The van der Waals surface area contributed by atoms with E-state index < -0.39 is 39.7 Å². The Hall–Kier alpha value is -3.53. The van der Waals surface area contributed by atoms with Crippen molar-refractivity contribution in [2.75, 3.05) is 23.8 Å². The van der Waals surface area contributed by atoms with Crippen molar-refractivity contribution in [3.63, 3.8) is 0 Å². The third kappa shape index (κ3) is 12.2. The summed E-state index contributed by atoms with van der Waals surface area (Å²) in [6.45, 7) is 2.42. The minimum atomic E-state index is -4.03. The van der Waals surface area contributed by atoms with Crippen molar-refractivity contribution in [3.8, 4) is 5.75 Å². The van der Waals surface area contributed by atoms with E-state index in [0.29, 0.717) is 62.5 Å². The van der Waals surface area contributed by atoms with Crippen molar-refractivity contribution in [3.05, 3.63) is 119 Å². The Kier molecular flexibility index (Phi) is 17.0. The molecule has 0 saturated heterocycles. The maximum atomic E-state index is 13.8. The monoisotopic (exact) mass is 811 g/mol. The number of anilines is 2. The normalized spacial score (nSPS) is 16.4. The molecule has 6 rings (SSSR count). The van der Waals surface area contributed by atoms with Crippen molar-refractivity contribution < 1.29 is 102 Å². The van der Waals surface area contributed by atoms with Gasteiger partial charge in [-0.2, -0.15) is 4.31 Å². The molecule has 0 radical (unpaired) electrons. The molecule has 2 aliphatic rings. The molecule has 288 valence electrons. The van der Waals surface area contributed by atoms with E-state index >= 15 is 0 Å². The molecule has 0 bridgehead atoms. The van der Waals surface area contributed by atoms with Crippen LogP contribution in [0.15, 0.2) is 95.9 Å². The van der Waals surface area contributed by atoms with Crippen molar-refractivity contribution in [2.45, 2.75) is 69.2 Å². The number of hydrogen-bond donors (Lipinski definition) is 2. The van der Waals surface area contributed by atoms with Crippen LogP contribution in [0.4, 0.5) is 11.4 Å². The molecule has 0 spiro atoms. The van der Waals surface area contributed by atoms with E-state index in [0.717, 1.165) is 24.0 Å². The summed E-state index contributed by atoms with van der Waals surface area (Å²) in [5.41, 5.74) is 3.07. The smallest absolute Gasteiger partial charge is 0.550 e. The summed E-state index contributed by atoms with van der Waals surface area (Å²) in [5, 5.41) is 28.0. The van der Waals surface area contributed by atoms with Crippen LogP contribution in [-0.4, -0.2) is 55.7 Å². The van der Waals surface area contributed by atoms with Crippen molar-refractivity contribution in [1.82, 2.24) is 4.31 Å². The number of ether oxygens (including phenoxy) is 1. The van der Waals surface area contributed by atoms with Gasteiger partial charge in [0.2, 0.25) is 10.0 Å². The number of hydrogen-bond acceptors (Lipinski definition) is 9. The maximum Gasteiger partial charge on any atom is 1.00 e. The van der Waals surface area contributed by atoms with Gasteiger partial charge in [0.15, 0.2) is 0 Å². The Bertz CT molecular complexity index is 2150. The molecule has 12 nitrogen and oxygen atoms in total. The molecule has 4 aromatic carbocycles. The number of carboxylic acid groups (broad SMARTS) is 2. The Balaban J connectivity index is 0.00000360. The first-order valence-electron chi connectivity index (χ1n) is 18.5. The van der Waals surface area contributed by atoms with Crippen LogP contribution in [0.1, 0.15) is 87.6 Å². The number of nitrogens with one attached hydrogen (secondary N) is 2. The number of carboxylic acids is 2. The SMILES string of the molecule is CCN([C@H]1CC[C@H](C(=O)[O-])CC1)S(=O)(=O)c1cccc(C(=O)Nc2ccc(OCC3CC3)cc2C(=O)Nc2ccc(CCc3ccc(C(=O)[O-])cc3)cc2)c1.[Na+].[Na+]. The summed E-state index contributed by atoms with van der Waals surface area (Å²) in [6.07, 6.45) is 5.01. The Morgan fingerprint density at radius 1 is 0.737 bits per heavy atom. The number of aromatic carboxylic acids is 1. The average Bonchev–Trinajstić information content (AvgIpc) is 4.02. The fourth-order valence-electron chi connectivity index (χ4n) is 6.81. The number of benzene rings is 4. The van der Waals surface area contributed by atoms with Gasteiger partial charge in [-0.25, -0.2) is 8.42 Å². The number of aryl methyl sites for hydroxylation is 2. The van der Waals surface area contributed by atoms with E-state index in [9.17, 15) is 37.8 Å². The summed E-state index contributed by atoms with van der Waals surface area (Å²) >= 11 is 0. The van der Waals surface area contributed by atoms with Crippen molar-refractivity contribution in [1.29, 1.82) is 0 Å². The molecule has 0 aliphatic heterocycles. The van der Waals surface area contributed by atoms with E-state index in [1.807, 2.05) is 12.1 Å². The second-order valence-electron chi connectivity index (χ2n) is 14.1. The fourth-order valence-corrected chi connectivity index (χ4v) is 8.55. The zero-order chi connectivity index (χ0) is 39.1. The Morgan fingerprint density at radius 2 is 1.37 bits per heavy atom. The first kappa shape index (κ1) is 46.2. The zero-order valence-corrected chi connectivity index (χ0v) is 37.3. The standard InChI is InChI=1S/C42H45N3O9S.2Na/c1-2-45(34-20-16-31(17-21-34)42(50)51)55(52,53)36-5-3-4-32(24-36)39(46)44-38-23-22-35(54-26-29-8-9-29)25-37(38)40(47)43-33-18-12-28(13-19-33)7-6-27-10-14-30(15-11-27)41(48)49;;/h3-5,10-15,18-19,22-25,29,31,34H,2,6-9,16-17,20-21,26H2,1H3,(H,43,47)(H,44,46)(H,48,49)(H,50,51);;/q;2*+1/p-2/t31-,34-;;. The third-order valence-electron chi connectivity index (χ3n) is 10.2. The number of aliphatic carboxylic acids is 1. The van der Waals surface area contributed by atoms with Gasteiger partial charge in [0.05, 0.1) is 28.7 Å². The molecule has 0 heterocycles. The minimum Gasteiger partial charge on any atom is -0.550 e. The number of sulfonamides is 1. The van der Waals surface area contributed by atoms with E-state index in [1.54, 1.807) is 49.4 Å². The number of amides is 2. The van der Waals surface area contributed by atoms with Gasteiger partial charge in [0.1, 0.15) is 5.75 Å². The summed E-state index contributed by atoms with van der Waals surface area (Å²) < 4.78 is 34.9. The molecule has 0 atom stereocenters. The second-order valence-corrected chi connectivity index (χ2v) is 16.0. The van der Waals surface area contributed by atoms with Crippen LogP contribution in [0.25, 0.3) is 0 Å². The molecule has 57 heavy (non-hydrogen) atoms. The average molecular weight is 812 g/mol. The first-order valence-corrected chi connectivity index (χ1v) is 20.0. The van der Waals surface area contributed by atoms with Crippen LogP contribution in [0.5, 0.6) is 5.75 Å².